The van der Waals surface area contributed by atoms with Gasteiger partial charge in [-0.05, 0) is 56.5 Å². The topological polar surface area (TPSA) is 51.8 Å². The van der Waals surface area contributed by atoms with Crippen molar-refractivity contribution in [3.8, 4) is 0 Å². The summed E-state index contributed by atoms with van der Waals surface area (Å²) in [4.78, 5) is 21.8. The predicted molar refractivity (Wildman–Crippen MR) is 156 cm³/mol. The van der Waals surface area contributed by atoms with Crippen molar-refractivity contribution in [3.05, 3.63) is 107 Å². The Morgan fingerprint density at radius 2 is 1.53 bits per heavy atom. The molecule has 0 aliphatic carbocycles. The van der Waals surface area contributed by atoms with E-state index in [4.69, 9.17) is 16.3 Å². The molecule has 1 aliphatic heterocycles. The molecule has 0 atom stereocenters. The Balaban J connectivity index is 0.000000177. The van der Waals surface area contributed by atoms with Crippen molar-refractivity contribution in [2.24, 2.45) is 0 Å². The number of likely N-dealkylation sites (N-methyl/N-ethyl adjacent to an activating group) is 2. The number of hydrogen-bond donors (Lipinski definition) is 1. The molecule has 0 saturated carbocycles. The van der Waals surface area contributed by atoms with Crippen LogP contribution in [0.5, 0.6) is 0 Å². The molecule has 1 saturated heterocycles. The van der Waals surface area contributed by atoms with Crippen LogP contribution in [-0.4, -0.2) is 86.1 Å². The molecule has 7 heteroatoms. The van der Waals surface area contributed by atoms with E-state index in [9.17, 15) is 4.79 Å². The number of benzene rings is 3. The second-order valence-electron chi connectivity index (χ2n) is 9.89. The fraction of sp³-hybridized carbons (Fsp3) is 0.323. The van der Waals surface area contributed by atoms with E-state index in [1.54, 1.807) is 0 Å². The Labute approximate surface area is 230 Å². The number of aromatic amines is 1. The fourth-order valence-corrected chi connectivity index (χ4v) is 4.57. The number of H-pyrrole nitrogens is 1. The Bertz CT molecular complexity index is 1250. The van der Waals surface area contributed by atoms with Crippen molar-refractivity contribution in [1.29, 1.82) is 0 Å². The number of nitrogens with one attached hydrogen (secondary N) is 1. The summed E-state index contributed by atoms with van der Waals surface area (Å²) in [6.07, 6.45) is 0.0161. The lowest BCUT2D eigenvalue weighted by Crippen LogP contribution is -2.47. The molecule has 1 aliphatic rings. The number of halogens is 1. The average Bonchev–Trinajstić information content (AvgIpc) is 3.36. The average molecular weight is 533 g/mol. The lowest BCUT2D eigenvalue weighted by Gasteiger charge is -2.32. The van der Waals surface area contributed by atoms with Crippen molar-refractivity contribution >= 4 is 28.4 Å². The van der Waals surface area contributed by atoms with Gasteiger partial charge in [-0.1, -0.05) is 72.3 Å². The molecule has 0 unspecified atom stereocenters. The van der Waals surface area contributed by atoms with E-state index in [2.05, 4.69) is 84.5 Å². The molecule has 4 aromatic rings. The number of nitrogens with zero attached hydrogens (tertiary/aromatic N) is 3. The molecule has 0 spiro atoms. The maximum absolute atomic E-state index is 12.4. The zero-order chi connectivity index (χ0) is 26.9. The summed E-state index contributed by atoms with van der Waals surface area (Å²) in [5.41, 5.74) is 3.99. The third kappa shape index (κ3) is 7.68. The van der Waals surface area contributed by atoms with Crippen molar-refractivity contribution < 1.29 is 9.53 Å². The molecule has 5 rings (SSSR count). The van der Waals surface area contributed by atoms with Gasteiger partial charge in [0.2, 0.25) is 0 Å². The van der Waals surface area contributed by atoms with Crippen LogP contribution in [0.25, 0.3) is 10.9 Å². The number of aromatic nitrogens is 1. The number of amides is 1. The first-order valence-corrected chi connectivity index (χ1v) is 13.4. The highest BCUT2D eigenvalue weighted by Crippen LogP contribution is 2.25. The Hall–Kier alpha value is -3.16. The number of carbonyl (C=O) groups excluding carboxylic acids is 1. The number of carbonyl (C=O) groups is 1. The second-order valence-corrected chi connectivity index (χ2v) is 10.3. The summed E-state index contributed by atoms with van der Waals surface area (Å²) in [6.45, 7) is 5.07. The minimum absolute atomic E-state index is 0.0161. The molecular weight excluding hydrogens is 496 g/mol. The van der Waals surface area contributed by atoms with Gasteiger partial charge in [0, 0.05) is 48.6 Å². The summed E-state index contributed by atoms with van der Waals surface area (Å²) in [5, 5.41) is 1.66. The molecule has 2 heterocycles. The largest absolute Gasteiger partial charge is 0.367 e. The van der Waals surface area contributed by atoms with E-state index in [0.717, 1.165) is 50.2 Å². The lowest BCUT2D eigenvalue weighted by atomic mass is 10.0. The third-order valence-corrected chi connectivity index (χ3v) is 6.87. The van der Waals surface area contributed by atoms with Crippen LogP contribution in [-0.2, 0) is 4.74 Å². The zero-order valence-electron chi connectivity index (χ0n) is 22.4. The van der Waals surface area contributed by atoms with E-state index >= 15 is 0 Å². The van der Waals surface area contributed by atoms with Crippen LogP contribution in [0.2, 0.25) is 5.02 Å². The van der Waals surface area contributed by atoms with Gasteiger partial charge in [0.05, 0.1) is 6.61 Å². The van der Waals surface area contributed by atoms with Crippen LogP contribution in [0.1, 0.15) is 27.7 Å². The molecule has 6 nitrogen and oxygen atoms in total. The van der Waals surface area contributed by atoms with Gasteiger partial charge >= 0.3 is 0 Å². The molecule has 0 radical (unpaired) electrons. The zero-order valence-corrected chi connectivity index (χ0v) is 23.2. The minimum atomic E-state index is 0.0161. The van der Waals surface area contributed by atoms with Crippen LogP contribution in [0.4, 0.5) is 0 Å². The summed E-state index contributed by atoms with van der Waals surface area (Å²) < 4.78 is 6.08. The van der Waals surface area contributed by atoms with Crippen LogP contribution in [0.3, 0.4) is 0 Å². The van der Waals surface area contributed by atoms with Crippen LogP contribution < -0.4 is 0 Å². The third-order valence-electron chi connectivity index (χ3n) is 6.63. The van der Waals surface area contributed by atoms with E-state index in [1.807, 2.05) is 41.3 Å². The smallest absolute Gasteiger partial charge is 0.270 e. The molecule has 1 N–H and O–H groups in total. The summed E-state index contributed by atoms with van der Waals surface area (Å²) in [5.74, 6) is 0.0698. The van der Waals surface area contributed by atoms with Gasteiger partial charge in [-0.3, -0.25) is 4.79 Å². The Morgan fingerprint density at radius 3 is 2.11 bits per heavy atom. The number of ether oxygens (including phenoxy) is 1. The van der Waals surface area contributed by atoms with Crippen molar-refractivity contribution in [1.82, 2.24) is 19.7 Å². The maximum atomic E-state index is 12.4. The predicted octanol–water partition coefficient (Wildman–Crippen LogP) is 5.56. The van der Waals surface area contributed by atoms with E-state index in [-0.39, 0.29) is 12.0 Å². The maximum Gasteiger partial charge on any atom is 0.270 e. The SMILES string of the molecule is CN(C)CCOC(c1ccccc1)c1ccccc1.CN1CCN(C(=O)c2cc3cc(Cl)ccc3[nH]2)CC1. The lowest BCUT2D eigenvalue weighted by molar-refractivity contribution is 0.0659. The van der Waals surface area contributed by atoms with Gasteiger partial charge < -0.3 is 24.4 Å². The molecule has 1 aromatic heterocycles. The van der Waals surface area contributed by atoms with Crippen LogP contribution in [0.15, 0.2) is 84.9 Å². The first-order chi connectivity index (χ1) is 18.4. The highest BCUT2D eigenvalue weighted by molar-refractivity contribution is 6.31. The highest BCUT2D eigenvalue weighted by atomic mass is 35.5. The van der Waals surface area contributed by atoms with Crippen LogP contribution >= 0.6 is 11.6 Å². The molecule has 0 bridgehead atoms. The van der Waals surface area contributed by atoms with Crippen molar-refractivity contribution in [2.75, 3.05) is 60.5 Å². The van der Waals surface area contributed by atoms with E-state index < -0.39 is 0 Å². The molecule has 38 heavy (non-hydrogen) atoms. The minimum Gasteiger partial charge on any atom is -0.367 e. The highest BCUT2D eigenvalue weighted by Gasteiger charge is 2.21. The molecule has 1 fully saturated rings. The number of hydrogen-bond acceptors (Lipinski definition) is 4. The molecule has 1 amide bonds. The first-order valence-electron chi connectivity index (χ1n) is 13.0. The Kier molecular flexibility index (Phi) is 9.96. The van der Waals surface area contributed by atoms with Gasteiger partial charge in [-0.2, -0.15) is 0 Å². The molecule has 3 aromatic carbocycles. The van der Waals surface area contributed by atoms with Gasteiger partial charge in [0.25, 0.3) is 5.91 Å². The van der Waals surface area contributed by atoms with E-state index in [0.29, 0.717) is 10.7 Å². The van der Waals surface area contributed by atoms with E-state index in [1.165, 1.54) is 11.1 Å². The van der Waals surface area contributed by atoms with Gasteiger partial charge in [-0.25, -0.2) is 0 Å². The monoisotopic (exact) mass is 532 g/mol. The van der Waals surface area contributed by atoms with Crippen molar-refractivity contribution in [2.45, 2.75) is 6.10 Å². The van der Waals surface area contributed by atoms with Gasteiger partial charge in [0.1, 0.15) is 11.8 Å². The summed E-state index contributed by atoms with van der Waals surface area (Å²) in [7, 11) is 6.19. The standard InChI is InChI=1S/C17H21NO.C14H16ClN3O/c1-18(2)13-14-19-17(15-9-5-3-6-10-15)16-11-7-4-8-12-16;1-17-4-6-18(7-5-17)14(19)13-9-10-8-11(15)2-3-12(10)16-13/h3-12,17H,13-14H2,1-2H3;2-3,8-9,16H,4-7H2,1H3. The number of piperazine rings is 1. The normalized spacial score (nSPS) is 14.1. The number of rotatable bonds is 7. The molecule has 200 valence electrons. The van der Waals surface area contributed by atoms with Crippen LogP contribution in [0, 0.1) is 0 Å². The first kappa shape index (κ1) is 27.9. The summed E-state index contributed by atoms with van der Waals surface area (Å²) in [6, 6.07) is 28.2. The Morgan fingerprint density at radius 1 is 0.921 bits per heavy atom. The number of fused-ring (bicyclic) bond motifs is 1. The van der Waals surface area contributed by atoms with Gasteiger partial charge in [-0.15, -0.1) is 0 Å². The van der Waals surface area contributed by atoms with Crippen molar-refractivity contribution in [3.63, 3.8) is 0 Å². The van der Waals surface area contributed by atoms with Gasteiger partial charge in [0.15, 0.2) is 0 Å². The fourth-order valence-electron chi connectivity index (χ4n) is 4.39. The molecular formula is C31H37ClN4O2. The second kappa shape index (κ2) is 13.6. The summed E-state index contributed by atoms with van der Waals surface area (Å²) >= 11 is 5.96. The quantitative estimate of drug-likeness (QED) is 0.338.